The molecule has 0 aliphatic heterocycles. The summed E-state index contributed by atoms with van der Waals surface area (Å²) in [7, 11) is 0. The summed E-state index contributed by atoms with van der Waals surface area (Å²) >= 11 is 0. The molecule has 0 bridgehead atoms. The lowest BCUT2D eigenvalue weighted by molar-refractivity contribution is -0.481. The Kier molecular flexibility index (Phi) is 2.37. The van der Waals surface area contributed by atoms with Crippen molar-refractivity contribution in [2.45, 2.75) is 0 Å². The number of hydrogen-bond donors (Lipinski definition) is 0. The molecule has 0 aliphatic carbocycles. The van der Waals surface area contributed by atoms with Gasteiger partial charge in [-0.3, -0.25) is 4.79 Å². The number of para-hydroxylation sites is 1. The molecule has 0 aliphatic rings. The Morgan fingerprint density at radius 3 is 2.33 bits per heavy atom. The van der Waals surface area contributed by atoms with Crippen molar-refractivity contribution < 1.29 is 9.83 Å². The minimum absolute atomic E-state index is 0.162. The van der Waals surface area contributed by atoms with E-state index in [2.05, 4.69) is 0 Å². The highest BCUT2D eigenvalue weighted by atomic mass is 16.7. The van der Waals surface area contributed by atoms with Crippen molar-refractivity contribution in [1.29, 1.82) is 0 Å². The number of hydrazine groups is 1. The van der Waals surface area contributed by atoms with Crippen LogP contribution in [0.2, 0.25) is 0 Å². The molecule has 12 heavy (non-hydrogen) atoms. The number of anilines is 1. The van der Waals surface area contributed by atoms with Crippen molar-refractivity contribution in [3.05, 3.63) is 40.4 Å². The number of amides is 1. The smallest absolute Gasteiger partial charge is 0.272 e. The first-order chi connectivity index (χ1) is 5.75. The van der Waals surface area contributed by atoms with Gasteiger partial charge in [0.1, 0.15) is 5.69 Å². The SMILES string of the molecule is O=CN(c1ccccc1)[N+](=O)[O-]. The van der Waals surface area contributed by atoms with Crippen LogP contribution in [-0.4, -0.2) is 11.4 Å². The van der Waals surface area contributed by atoms with E-state index < -0.39 is 5.03 Å². The molecule has 0 spiro atoms. The lowest BCUT2D eigenvalue weighted by atomic mass is 10.3. The van der Waals surface area contributed by atoms with E-state index in [1.807, 2.05) is 0 Å². The number of benzene rings is 1. The van der Waals surface area contributed by atoms with E-state index >= 15 is 0 Å². The summed E-state index contributed by atoms with van der Waals surface area (Å²) in [6.45, 7) is 0. The van der Waals surface area contributed by atoms with E-state index in [1.165, 1.54) is 12.1 Å². The molecule has 62 valence electrons. The van der Waals surface area contributed by atoms with Gasteiger partial charge in [-0.1, -0.05) is 18.2 Å². The Balaban J connectivity index is 2.95. The normalized spacial score (nSPS) is 9.00. The van der Waals surface area contributed by atoms with Gasteiger partial charge in [-0.2, -0.15) is 0 Å². The van der Waals surface area contributed by atoms with Crippen molar-refractivity contribution in [3.8, 4) is 0 Å². The molecule has 1 amide bonds. The Labute approximate surface area is 68.3 Å². The number of nitro groups is 1. The fraction of sp³-hybridized carbons (Fsp3) is 0. The lowest BCUT2D eigenvalue weighted by Gasteiger charge is -2.04. The molecule has 0 aromatic heterocycles. The van der Waals surface area contributed by atoms with Crippen LogP contribution in [0, 0.1) is 10.1 Å². The highest BCUT2D eigenvalue weighted by molar-refractivity contribution is 5.71. The molecule has 0 unspecified atom stereocenters. The molecule has 0 saturated carbocycles. The molecule has 1 aromatic rings. The maximum Gasteiger partial charge on any atom is 0.277 e. The Morgan fingerprint density at radius 2 is 1.92 bits per heavy atom. The van der Waals surface area contributed by atoms with Crippen LogP contribution in [0.4, 0.5) is 5.69 Å². The predicted molar refractivity (Wildman–Crippen MR) is 42.0 cm³/mol. The van der Waals surface area contributed by atoms with Gasteiger partial charge in [-0.25, -0.2) is 10.1 Å². The summed E-state index contributed by atoms with van der Waals surface area (Å²) in [6, 6.07) is 7.92. The van der Waals surface area contributed by atoms with Gasteiger partial charge in [-0.15, -0.1) is 0 Å². The van der Waals surface area contributed by atoms with E-state index in [0.717, 1.165) is 0 Å². The first-order valence-electron chi connectivity index (χ1n) is 3.19. The molecule has 5 heteroatoms. The molecule has 0 atom stereocenters. The third-order valence-corrected chi connectivity index (χ3v) is 1.30. The van der Waals surface area contributed by atoms with Crippen LogP contribution in [0.5, 0.6) is 0 Å². The first kappa shape index (κ1) is 8.19. The largest absolute Gasteiger partial charge is 0.277 e. The highest BCUT2D eigenvalue weighted by Gasteiger charge is 2.14. The Morgan fingerprint density at radius 1 is 1.33 bits per heavy atom. The zero-order valence-electron chi connectivity index (χ0n) is 6.08. The maximum atomic E-state index is 10.2. The van der Waals surface area contributed by atoms with Crippen LogP contribution in [0.25, 0.3) is 0 Å². The van der Waals surface area contributed by atoms with Crippen LogP contribution < -0.4 is 5.01 Å². The molecule has 0 radical (unpaired) electrons. The van der Waals surface area contributed by atoms with E-state index in [4.69, 9.17) is 0 Å². The average Bonchev–Trinajstić information content (AvgIpc) is 2.07. The van der Waals surface area contributed by atoms with Crippen LogP contribution in [-0.2, 0) is 4.79 Å². The van der Waals surface area contributed by atoms with Crippen LogP contribution in [0.15, 0.2) is 30.3 Å². The number of carbonyl (C=O) groups is 1. The van der Waals surface area contributed by atoms with E-state index in [0.29, 0.717) is 5.01 Å². The van der Waals surface area contributed by atoms with Crippen molar-refractivity contribution in [1.82, 2.24) is 0 Å². The summed E-state index contributed by atoms with van der Waals surface area (Å²) in [6.07, 6.45) is 0.162. The third kappa shape index (κ3) is 1.57. The highest BCUT2D eigenvalue weighted by Crippen LogP contribution is 2.10. The minimum Gasteiger partial charge on any atom is -0.272 e. The summed E-state index contributed by atoms with van der Waals surface area (Å²) in [5.74, 6) is 0. The van der Waals surface area contributed by atoms with Crippen molar-refractivity contribution in [3.63, 3.8) is 0 Å². The van der Waals surface area contributed by atoms with Gasteiger partial charge in [0.15, 0.2) is 5.03 Å². The minimum atomic E-state index is -0.775. The van der Waals surface area contributed by atoms with E-state index in [1.54, 1.807) is 18.2 Å². The van der Waals surface area contributed by atoms with Crippen molar-refractivity contribution in [2.75, 3.05) is 5.01 Å². The standard InChI is InChI=1S/C7H6N2O3/c10-6-8(9(11)12)7-4-2-1-3-5-7/h1-6H. The Bertz CT molecular complexity index is 286. The van der Waals surface area contributed by atoms with Gasteiger partial charge in [0.2, 0.25) is 0 Å². The average molecular weight is 166 g/mol. The second-order valence-corrected chi connectivity index (χ2v) is 2.02. The molecule has 1 rings (SSSR count). The molecule has 0 fully saturated rings. The first-order valence-corrected chi connectivity index (χ1v) is 3.19. The molecule has 1 aromatic carbocycles. The van der Waals surface area contributed by atoms with Crippen LogP contribution in [0.1, 0.15) is 0 Å². The van der Waals surface area contributed by atoms with Crippen LogP contribution in [0.3, 0.4) is 0 Å². The molecular formula is C7H6N2O3. The second kappa shape index (κ2) is 3.47. The zero-order valence-corrected chi connectivity index (χ0v) is 6.08. The van der Waals surface area contributed by atoms with E-state index in [-0.39, 0.29) is 12.1 Å². The predicted octanol–water partition coefficient (Wildman–Crippen LogP) is 0.841. The molecule has 0 N–H and O–H groups in total. The second-order valence-electron chi connectivity index (χ2n) is 2.02. The van der Waals surface area contributed by atoms with Crippen molar-refractivity contribution >= 4 is 12.1 Å². The van der Waals surface area contributed by atoms with Gasteiger partial charge in [-0.05, 0) is 17.1 Å². The van der Waals surface area contributed by atoms with Gasteiger partial charge in [0.05, 0.1) is 0 Å². The van der Waals surface area contributed by atoms with Gasteiger partial charge in [0, 0.05) is 0 Å². The maximum absolute atomic E-state index is 10.2. The van der Waals surface area contributed by atoms with Crippen LogP contribution >= 0.6 is 0 Å². The summed E-state index contributed by atoms with van der Waals surface area (Å²) in [5.41, 5.74) is 0.248. The summed E-state index contributed by atoms with van der Waals surface area (Å²) < 4.78 is 0. The zero-order chi connectivity index (χ0) is 8.97. The number of nitrogens with zero attached hydrogens (tertiary/aromatic N) is 2. The number of rotatable bonds is 3. The fourth-order valence-corrected chi connectivity index (χ4v) is 0.774. The molecule has 0 heterocycles. The Hall–Kier alpha value is -1.91. The molecular weight excluding hydrogens is 160 g/mol. The topological polar surface area (TPSA) is 63.5 Å². The summed E-state index contributed by atoms with van der Waals surface area (Å²) in [4.78, 5) is 20.5. The lowest BCUT2D eigenvalue weighted by Crippen LogP contribution is -2.27. The van der Waals surface area contributed by atoms with E-state index in [9.17, 15) is 14.9 Å². The number of carbonyl (C=O) groups excluding carboxylic acids is 1. The fourth-order valence-electron chi connectivity index (χ4n) is 0.774. The van der Waals surface area contributed by atoms with Gasteiger partial charge in [0.25, 0.3) is 6.41 Å². The number of hydrogen-bond acceptors (Lipinski definition) is 3. The summed E-state index contributed by atoms with van der Waals surface area (Å²) in [5, 5.41) is 9.87. The van der Waals surface area contributed by atoms with Gasteiger partial charge >= 0.3 is 0 Å². The quantitative estimate of drug-likeness (QED) is 0.379. The molecule has 5 nitrogen and oxygen atoms in total. The van der Waals surface area contributed by atoms with Crippen molar-refractivity contribution in [2.24, 2.45) is 0 Å². The third-order valence-electron chi connectivity index (χ3n) is 1.30. The monoisotopic (exact) mass is 166 g/mol. The van der Waals surface area contributed by atoms with Gasteiger partial charge < -0.3 is 0 Å². The molecule has 0 saturated heterocycles.